The monoisotopic (exact) mass is 300 g/mol. The van der Waals surface area contributed by atoms with Crippen LogP contribution >= 0.6 is 0 Å². The first kappa shape index (κ1) is 15.1. The number of carbonyl (C=O) groups is 1. The number of aryl methyl sites for hydroxylation is 2. The van der Waals surface area contributed by atoms with Crippen LogP contribution in [0.15, 0.2) is 22.8 Å². The number of piperidine rings is 1. The van der Waals surface area contributed by atoms with E-state index in [0.29, 0.717) is 12.5 Å². The van der Waals surface area contributed by atoms with Crippen LogP contribution in [0.1, 0.15) is 29.5 Å². The van der Waals surface area contributed by atoms with Crippen molar-refractivity contribution in [1.29, 1.82) is 0 Å². The fourth-order valence-electron chi connectivity index (χ4n) is 3.08. The molecule has 1 fully saturated rings. The second kappa shape index (κ2) is 6.13. The molecular formula is C18H24N2O2. The number of amides is 1. The van der Waals surface area contributed by atoms with Crippen molar-refractivity contribution in [2.45, 2.75) is 39.2 Å². The average molecular weight is 300 g/mol. The summed E-state index contributed by atoms with van der Waals surface area (Å²) in [6, 6.07) is 4.47. The quantitative estimate of drug-likeness (QED) is 0.948. The number of hydrogen-bond acceptors (Lipinski definition) is 3. The third-order valence-corrected chi connectivity index (χ3v) is 4.70. The van der Waals surface area contributed by atoms with Gasteiger partial charge in [0.1, 0.15) is 5.58 Å². The van der Waals surface area contributed by atoms with Gasteiger partial charge in [0.2, 0.25) is 5.91 Å². The molecule has 1 amide bonds. The molecule has 0 bridgehead atoms. The largest absolute Gasteiger partial charge is 0.464 e. The van der Waals surface area contributed by atoms with Gasteiger partial charge in [-0.15, -0.1) is 0 Å². The van der Waals surface area contributed by atoms with E-state index in [1.54, 1.807) is 6.26 Å². The van der Waals surface area contributed by atoms with Crippen LogP contribution in [-0.4, -0.2) is 37.0 Å². The van der Waals surface area contributed by atoms with Crippen molar-refractivity contribution in [3.05, 3.63) is 35.1 Å². The van der Waals surface area contributed by atoms with E-state index >= 15 is 0 Å². The minimum absolute atomic E-state index is 0.0930. The Morgan fingerprint density at radius 3 is 2.68 bits per heavy atom. The van der Waals surface area contributed by atoms with Gasteiger partial charge in [0, 0.05) is 17.0 Å². The van der Waals surface area contributed by atoms with Crippen LogP contribution in [0.25, 0.3) is 11.0 Å². The van der Waals surface area contributed by atoms with Gasteiger partial charge in [0.15, 0.2) is 0 Å². The highest BCUT2D eigenvalue weighted by Gasteiger charge is 2.19. The second-order valence-corrected chi connectivity index (χ2v) is 6.52. The van der Waals surface area contributed by atoms with Gasteiger partial charge in [0.05, 0.1) is 12.7 Å². The van der Waals surface area contributed by atoms with E-state index in [0.717, 1.165) is 42.5 Å². The van der Waals surface area contributed by atoms with Crippen LogP contribution in [0.5, 0.6) is 0 Å². The minimum atomic E-state index is 0.0930. The zero-order chi connectivity index (χ0) is 15.7. The number of furan rings is 1. The number of fused-ring (bicyclic) bond motifs is 1. The smallest absolute Gasteiger partial charge is 0.224 e. The number of nitrogens with zero attached hydrogens (tertiary/aromatic N) is 1. The molecule has 1 saturated heterocycles. The molecule has 0 atom stereocenters. The van der Waals surface area contributed by atoms with Crippen molar-refractivity contribution in [3.63, 3.8) is 0 Å². The van der Waals surface area contributed by atoms with Gasteiger partial charge >= 0.3 is 0 Å². The summed E-state index contributed by atoms with van der Waals surface area (Å²) in [5, 5.41) is 4.22. The molecule has 1 aliphatic heterocycles. The van der Waals surface area contributed by atoms with E-state index < -0.39 is 0 Å². The number of nitrogens with one attached hydrogen (secondary N) is 1. The number of rotatable bonds is 3. The van der Waals surface area contributed by atoms with Crippen molar-refractivity contribution >= 4 is 16.9 Å². The number of likely N-dealkylation sites (tertiary alicyclic amines) is 1. The lowest BCUT2D eigenvalue weighted by atomic mass is 10.0. The fraction of sp³-hybridized carbons (Fsp3) is 0.500. The van der Waals surface area contributed by atoms with Crippen LogP contribution < -0.4 is 5.32 Å². The van der Waals surface area contributed by atoms with Gasteiger partial charge in [-0.2, -0.15) is 0 Å². The molecule has 118 valence electrons. The van der Waals surface area contributed by atoms with Crippen molar-refractivity contribution in [2.75, 3.05) is 20.1 Å². The van der Waals surface area contributed by atoms with E-state index in [-0.39, 0.29) is 5.91 Å². The molecule has 1 aromatic carbocycles. The van der Waals surface area contributed by atoms with Gasteiger partial charge in [-0.1, -0.05) is 0 Å². The predicted molar refractivity (Wildman–Crippen MR) is 88.1 cm³/mol. The Kier molecular flexibility index (Phi) is 4.21. The van der Waals surface area contributed by atoms with E-state index in [1.807, 2.05) is 6.07 Å². The molecule has 1 N–H and O–H groups in total. The molecule has 0 spiro atoms. The lowest BCUT2D eigenvalue weighted by Gasteiger charge is -2.29. The summed E-state index contributed by atoms with van der Waals surface area (Å²) in [6.07, 6.45) is 4.18. The third-order valence-electron chi connectivity index (χ3n) is 4.70. The Morgan fingerprint density at radius 1 is 1.27 bits per heavy atom. The van der Waals surface area contributed by atoms with Crippen LogP contribution in [0, 0.1) is 13.8 Å². The molecule has 0 saturated carbocycles. The number of carbonyl (C=O) groups excluding carboxylic acids is 1. The number of benzene rings is 1. The first-order chi connectivity index (χ1) is 10.5. The molecule has 0 unspecified atom stereocenters. The molecule has 4 nitrogen and oxygen atoms in total. The third kappa shape index (κ3) is 3.17. The van der Waals surface area contributed by atoms with Gasteiger partial charge < -0.3 is 14.6 Å². The second-order valence-electron chi connectivity index (χ2n) is 6.52. The average Bonchev–Trinajstić information content (AvgIpc) is 2.84. The van der Waals surface area contributed by atoms with Crippen LogP contribution in [0.3, 0.4) is 0 Å². The van der Waals surface area contributed by atoms with Gasteiger partial charge in [-0.3, -0.25) is 4.79 Å². The highest BCUT2D eigenvalue weighted by atomic mass is 16.3. The topological polar surface area (TPSA) is 45.5 Å². The first-order valence-corrected chi connectivity index (χ1v) is 7.98. The van der Waals surface area contributed by atoms with Crippen molar-refractivity contribution in [2.24, 2.45) is 0 Å². The van der Waals surface area contributed by atoms with Crippen molar-refractivity contribution < 1.29 is 9.21 Å². The van der Waals surface area contributed by atoms with E-state index in [1.165, 1.54) is 11.1 Å². The summed E-state index contributed by atoms with van der Waals surface area (Å²) in [4.78, 5) is 14.6. The molecule has 22 heavy (non-hydrogen) atoms. The SMILES string of the molecule is Cc1cc2occ(CC(=O)NC3CCN(C)CC3)c2cc1C. The highest BCUT2D eigenvalue weighted by Crippen LogP contribution is 2.25. The molecule has 0 radical (unpaired) electrons. The maximum atomic E-state index is 12.3. The van der Waals surface area contributed by atoms with Crippen LogP contribution in [0.2, 0.25) is 0 Å². The standard InChI is InChI=1S/C18H24N2O2/c1-12-8-16-14(11-22-17(16)9-13(12)2)10-18(21)19-15-4-6-20(3)7-5-15/h8-9,11,15H,4-7,10H2,1-3H3,(H,19,21). The summed E-state index contributed by atoms with van der Waals surface area (Å²) in [5.74, 6) is 0.0930. The van der Waals surface area contributed by atoms with Gasteiger partial charge in [-0.25, -0.2) is 0 Å². The molecule has 3 rings (SSSR count). The number of hydrogen-bond donors (Lipinski definition) is 1. The van der Waals surface area contributed by atoms with E-state index in [4.69, 9.17) is 4.42 Å². The molecule has 2 aromatic rings. The Balaban J connectivity index is 1.68. The maximum Gasteiger partial charge on any atom is 0.224 e. The molecule has 4 heteroatoms. The Labute approximate surface area is 131 Å². The summed E-state index contributed by atoms with van der Waals surface area (Å²) in [7, 11) is 2.12. The lowest BCUT2D eigenvalue weighted by Crippen LogP contribution is -2.43. The van der Waals surface area contributed by atoms with Gasteiger partial charge in [-0.05, 0) is 70.1 Å². The molecular weight excluding hydrogens is 276 g/mol. The van der Waals surface area contributed by atoms with Gasteiger partial charge in [0.25, 0.3) is 0 Å². The molecule has 1 aliphatic rings. The van der Waals surface area contributed by atoms with Crippen molar-refractivity contribution in [3.8, 4) is 0 Å². The van der Waals surface area contributed by atoms with E-state index in [2.05, 4.69) is 37.2 Å². The first-order valence-electron chi connectivity index (χ1n) is 7.98. The zero-order valence-electron chi connectivity index (χ0n) is 13.6. The van der Waals surface area contributed by atoms with Crippen LogP contribution in [0.4, 0.5) is 0 Å². The summed E-state index contributed by atoms with van der Waals surface area (Å²) in [5.41, 5.74) is 4.28. The Morgan fingerprint density at radius 2 is 1.95 bits per heavy atom. The zero-order valence-corrected chi connectivity index (χ0v) is 13.6. The Bertz CT molecular complexity index is 682. The highest BCUT2D eigenvalue weighted by molar-refractivity contribution is 5.88. The van der Waals surface area contributed by atoms with Crippen molar-refractivity contribution in [1.82, 2.24) is 10.2 Å². The fourth-order valence-corrected chi connectivity index (χ4v) is 3.08. The predicted octanol–water partition coefficient (Wildman–Crippen LogP) is 2.80. The normalized spacial score (nSPS) is 17.0. The minimum Gasteiger partial charge on any atom is -0.464 e. The summed E-state index contributed by atoms with van der Waals surface area (Å²) >= 11 is 0. The lowest BCUT2D eigenvalue weighted by molar-refractivity contribution is -0.121. The van der Waals surface area contributed by atoms with E-state index in [9.17, 15) is 4.79 Å². The van der Waals surface area contributed by atoms with Crippen LogP contribution in [-0.2, 0) is 11.2 Å². The maximum absolute atomic E-state index is 12.3. The molecule has 1 aromatic heterocycles. The molecule has 0 aliphatic carbocycles. The Hall–Kier alpha value is -1.81. The molecule has 2 heterocycles. The summed E-state index contributed by atoms with van der Waals surface area (Å²) < 4.78 is 5.60. The summed E-state index contributed by atoms with van der Waals surface area (Å²) in [6.45, 7) is 6.27.